The largest absolute Gasteiger partial charge is 0.416 e. The van der Waals surface area contributed by atoms with Crippen LogP contribution >= 0.6 is 0 Å². The van der Waals surface area contributed by atoms with Crippen LogP contribution in [-0.2, 0) is 12.3 Å². The van der Waals surface area contributed by atoms with Gasteiger partial charge in [-0.05, 0) is 73.3 Å². The molecule has 0 aromatic heterocycles. The van der Waals surface area contributed by atoms with Crippen molar-refractivity contribution in [2.45, 2.75) is 119 Å². The van der Waals surface area contributed by atoms with E-state index in [0.717, 1.165) is 37.4 Å². The van der Waals surface area contributed by atoms with Gasteiger partial charge in [-0.3, -0.25) is 0 Å². The predicted molar refractivity (Wildman–Crippen MR) is 125 cm³/mol. The number of hydrogen-bond donors (Lipinski definition) is 0. The first kappa shape index (κ1) is 25.6. The second kappa shape index (κ2) is 8.34. The van der Waals surface area contributed by atoms with Gasteiger partial charge in [-0.2, -0.15) is 0 Å². The molecule has 1 rings (SSSR count). The fraction of sp³-hybridized carbons (Fsp3) is 1.00. The lowest BCUT2D eigenvalue weighted by atomic mass is 9.94. The Morgan fingerprint density at radius 1 is 0.444 bits per heavy atom. The van der Waals surface area contributed by atoms with Crippen LogP contribution in [0, 0.1) is 16.2 Å². The lowest BCUT2D eigenvalue weighted by Gasteiger charge is -2.51. The van der Waals surface area contributed by atoms with Crippen LogP contribution in [0.3, 0.4) is 0 Å². The first-order valence-corrected chi connectivity index (χ1v) is 18.4. The second-order valence-electron chi connectivity index (χ2n) is 12.9. The normalized spacial score (nSPS) is 33.3. The summed E-state index contributed by atoms with van der Waals surface area (Å²) in [7, 11) is -6.63. The maximum atomic E-state index is 6.85. The van der Waals surface area contributed by atoms with Gasteiger partial charge in [-0.1, -0.05) is 62.3 Å². The molecule has 6 heteroatoms. The van der Waals surface area contributed by atoms with E-state index in [2.05, 4.69) is 82.0 Å². The van der Waals surface area contributed by atoms with Crippen molar-refractivity contribution in [1.82, 2.24) is 0 Å². The molecule has 0 aromatic carbocycles. The molecular weight excluding hydrogens is 384 g/mol. The zero-order valence-electron chi connectivity index (χ0n) is 20.5. The van der Waals surface area contributed by atoms with Crippen LogP contribution in [0.4, 0.5) is 0 Å². The fourth-order valence-corrected chi connectivity index (χ4v) is 22.2. The zero-order chi connectivity index (χ0) is 21.4. The lowest BCUT2D eigenvalue weighted by Crippen LogP contribution is -2.67. The smallest absolute Gasteiger partial charge is 0.317 e. The average Bonchev–Trinajstić information content (AvgIpc) is 2.38. The van der Waals surface area contributed by atoms with Crippen LogP contribution in [0.1, 0.15) is 81.6 Å². The van der Waals surface area contributed by atoms with Crippen LogP contribution in [0.2, 0.25) is 37.8 Å². The molecule has 162 valence electrons. The van der Waals surface area contributed by atoms with E-state index in [1.54, 1.807) is 0 Å². The van der Waals surface area contributed by atoms with Crippen LogP contribution in [0.25, 0.3) is 0 Å². The Morgan fingerprint density at radius 2 is 0.630 bits per heavy atom. The predicted octanol–water partition coefficient (Wildman–Crippen LogP) is 7.57. The van der Waals surface area contributed by atoms with Crippen LogP contribution < -0.4 is 0 Å². The Balaban J connectivity index is 3.03. The van der Waals surface area contributed by atoms with Gasteiger partial charge in [0.25, 0.3) is 0 Å². The molecule has 0 saturated carbocycles. The molecule has 0 aliphatic carbocycles. The van der Waals surface area contributed by atoms with Crippen molar-refractivity contribution < 1.29 is 12.3 Å². The molecule has 3 nitrogen and oxygen atoms in total. The first-order chi connectivity index (χ1) is 11.7. The van der Waals surface area contributed by atoms with Gasteiger partial charge in [0.2, 0.25) is 0 Å². The summed E-state index contributed by atoms with van der Waals surface area (Å²) in [5, 5.41) is 0. The van der Waals surface area contributed by atoms with Crippen molar-refractivity contribution in [3.8, 4) is 0 Å². The van der Waals surface area contributed by atoms with Crippen LogP contribution in [0.15, 0.2) is 0 Å². The van der Waals surface area contributed by atoms with E-state index >= 15 is 0 Å². The van der Waals surface area contributed by atoms with E-state index in [1.165, 1.54) is 0 Å². The van der Waals surface area contributed by atoms with E-state index in [-0.39, 0.29) is 0 Å². The highest BCUT2D eigenvalue weighted by atomic mass is 28.5. The molecule has 0 amide bonds. The third kappa shape index (κ3) is 10.2. The summed E-state index contributed by atoms with van der Waals surface area (Å²) < 4.78 is 20.5. The summed E-state index contributed by atoms with van der Waals surface area (Å²) in [4.78, 5) is 0. The van der Waals surface area contributed by atoms with E-state index in [1.807, 2.05) is 0 Å². The molecule has 0 unspecified atom stereocenters. The second-order valence-corrected chi connectivity index (χ2v) is 23.6. The molecule has 0 N–H and O–H groups in total. The SMILES string of the molecule is CC(C)(C)CC[Si]1(C)O[Si](C)(CCC(C)(C)C)O[Si](C)(CCC(C)(C)C)O1. The Kier molecular flexibility index (Phi) is 7.90. The molecular formula is C21H48O3Si3. The third-order valence-corrected chi connectivity index (χ3v) is 19.1. The average molecular weight is 433 g/mol. The van der Waals surface area contributed by atoms with Crippen molar-refractivity contribution in [3.63, 3.8) is 0 Å². The maximum absolute atomic E-state index is 6.85. The van der Waals surface area contributed by atoms with Crippen molar-refractivity contribution in [2.75, 3.05) is 0 Å². The number of rotatable bonds is 6. The summed E-state index contributed by atoms with van der Waals surface area (Å²) in [5.41, 5.74) is 0.940. The fourth-order valence-electron chi connectivity index (χ4n) is 3.54. The first-order valence-electron chi connectivity index (χ1n) is 10.8. The highest BCUT2D eigenvalue weighted by molar-refractivity contribution is 6.93. The lowest BCUT2D eigenvalue weighted by molar-refractivity contribution is 0.207. The Bertz CT molecular complexity index is 409. The minimum absolute atomic E-state index is 0.313. The molecule has 27 heavy (non-hydrogen) atoms. The van der Waals surface area contributed by atoms with Crippen molar-refractivity contribution in [3.05, 3.63) is 0 Å². The summed E-state index contributed by atoms with van der Waals surface area (Å²) >= 11 is 0. The summed E-state index contributed by atoms with van der Waals surface area (Å²) in [6.45, 7) is 27.8. The molecule has 1 heterocycles. The molecule has 0 spiro atoms. The van der Waals surface area contributed by atoms with Gasteiger partial charge in [0.15, 0.2) is 0 Å². The molecule has 1 saturated heterocycles. The molecule has 0 bridgehead atoms. The van der Waals surface area contributed by atoms with E-state index in [0.29, 0.717) is 16.2 Å². The minimum Gasteiger partial charge on any atom is -0.416 e. The monoisotopic (exact) mass is 432 g/mol. The molecule has 1 aliphatic rings. The van der Waals surface area contributed by atoms with Gasteiger partial charge in [0, 0.05) is 0 Å². The Labute approximate surface area is 173 Å². The van der Waals surface area contributed by atoms with Gasteiger partial charge < -0.3 is 12.3 Å². The van der Waals surface area contributed by atoms with Crippen molar-refractivity contribution >= 4 is 25.7 Å². The standard InChI is InChI=1S/C21H48O3Si3/c1-19(2,3)13-16-25(10)22-26(11,17-14-20(4,5)6)24-27(12,23-25)18-15-21(7,8)9/h13-18H2,1-12H3. The van der Waals surface area contributed by atoms with E-state index in [4.69, 9.17) is 12.3 Å². The van der Waals surface area contributed by atoms with Crippen molar-refractivity contribution in [2.24, 2.45) is 16.2 Å². The molecule has 1 aliphatic heterocycles. The highest BCUT2D eigenvalue weighted by Crippen LogP contribution is 2.42. The minimum atomic E-state index is -2.21. The summed E-state index contributed by atoms with van der Waals surface area (Å²) in [5.74, 6) is 0. The van der Waals surface area contributed by atoms with E-state index in [9.17, 15) is 0 Å². The molecule has 0 aromatic rings. The molecule has 0 atom stereocenters. The number of hydrogen-bond acceptors (Lipinski definition) is 3. The van der Waals surface area contributed by atoms with Gasteiger partial charge >= 0.3 is 25.7 Å². The Morgan fingerprint density at radius 3 is 0.778 bits per heavy atom. The topological polar surface area (TPSA) is 27.7 Å². The van der Waals surface area contributed by atoms with E-state index < -0.39 is 25.7 Å². The highest BCUT2D eigenvalue weighted by Gasteiger charge is 2.56. The molecule has 1 fully saturated rings. The maximum Gasteiger partial charge on any atom is 0.317 e. The zero-order valence-corrected chi connectivity index (χ0v) is 23.5. The third-order valence-electron chi connectivity index (χ3n) is 5.28. The summed E-state index contributed by atoms with van der Waals surface area (Å²) in [6, 6.07) is 3.24. The van der Waals surface area contributed by atoms with Gasteiger partial charge in [-0.15, -0.1) is 0 Å². The van der Waals surface area contributed by atoms with Crippen LogP contribution in [-0.4, -0.2) is 25.7 Å². The van der Waals surface area contributed by atoms with Crippen LogP contribution in [0.5, 0.6) is 0 Å². The van der Waals surface area contributed by atoms with Crippen molar-refractivity contribution in [1.29, 1.82) is 0 Å². The molecule has 0 radical (unpaired) electrons. The van der Waals surface area contributed by atoms with Gasteiger partial charge in [-0.25, -0.2) is 0 Å². The Hall–Kier alpha value is 0.531. The van der Waals surface area contributed by atoms with Gasteiger partial charge in [0.05, 0.1) is 0 Å². The quantitative estimate of drug-likeness (QED) is 0.405. The van der Waals surface area contributed by atoms with Gasteiger partial charge in [0.1, 0.15) is 0 Å². The summed E-state index contributed by atoms with van der Waals surface area (Å²) in [6.07, 6.45) is 3.47.